The molecular formula is C24H25NO7S. The molecule has 0 aromatic heterocycles. The molecule has 1 saturated heterocycles. The second-order valence-corrected chi connectivity index (χ2v) is 10.6. The van der Waals surface area contributed by atoms with Crippen LogP contribution in [0.1, 0.15) is 24.5 Å². The number of nitrogens with zero attached hydrogens (tertiary/aromatic N) is 1. The van der Waals surface area contributed by atoms with Crippen LogP contribution in [0.2, 0.25) is 0 Å². The van der Waals surface area contributed by atoms with E-state index in [1.807, 2.05) is 13.0 Å². The minimum Gasteiger partial charge on any atom is -0.460 e. The van der Waals surface area contributed by atoms with Gasteiger partial charge in [0.25, 0.3) is 0 Å². The Balaban J connectivity index is 1.67. The number of aliphatic hydroxyl groups is 1. The first-order valence-corrected chi connectivity index (χ1v) is 12.2. The van der Waals surface area contributed by atoms with Crippen LogP contribution >= 0.6 is 0 Å². The van der Waals surface area contributed by atoms with Gasteiger partial charge < -0.3 is 19.3 Å². The Bertz CT molecular complexity index is 1220. The molecule has 1 N–H and O–H groups in total. The number of carbonyl (C=O) groups excluding carboxylic acids is 1. The van der Waals surface area contributed by atoms with Crippen molar-refractivity contribution in [1.82, 2.24) is 4.31 Å². The van der Waals surface area contributed by atoms with Crippen molar-refractivity contribution in [2.45, 2.75) is 48.8 Å². The van der Waals surface area contributed by atoms with Gasteiger partial charge in [-0.05, 0) is 43.2 Å². The Labute approximate surface area is 192 Å². The molecule has 8 nitrogen and oxygen atoms in total. The average Bonchev–Trinajstić information content (AvgIpc) is 3.36. The Hall–Kier alpha value is -2.88. The highest BCUT2D eigenvalue weighted by molar-refractivity contribution is 7.89. The molecule has 5 rings (SSSR count). The Morgan fingerprint density at radius 2 is 1.88 bits per heavy atom. The van der Waals surface area contributed by atoms with Gasteiger partial charge in [-0.1, -0.05) is 35.9 Å². The van der Waals surface area contributed by atoms with Gasteiger partial charge >= 0.3 is 5.97 Å². The van der Waals surface area contributed by atoms with Gasteiger partial charge in [0.1, 0.15) is 6.10 Å². The fraction of sp³-hybridized carbons (Fsp3) is 0.375. The largest absolute Gasteiger partial charge is 0.460 e. The number of aryl methyl sites for hydroxylation is 1. The first-order valence-electron chi connectivity index (χ1n) is 10.7. The highest BCUT2D eigenvalue weighted by atomic mass is 32.2. The van der Waals surface area contributed by atoms with E-state index in [1.54, 1.807) is 48.6 Å². The summed E-state index contributed by atoms with van der Waals surface area (Å²) in [5.41, 5.74) is 0.676. The summed E-state index contributed by atoms with van der Waals surface area (Å²) in [5, 5.41) is 10.5. The number of hydrogen-bond acceptors (Lipinski definition) is 7. The van der Waals surface area contributed by atoms with Gasteiger partial charge in [-0.15, -0.1) is 0 Å². The van der Waals surface area contributed by atoms with Gasteiger partial charge in [-0.25, -0.2) is 8.42 Å². The van der Waals surface area contributed by atoms with Crippen molar-refractivity contribution in [3.8, 4) is 11.5 Å². The van der Waals surface area contributed by atoms with E-state index < -0.39 is 39.7 Å². The summed E-state index contributed by atoms with van der Waals surface area (Å²) in [7, 11) is -3.93. The van der Waals surface area contributed by atoms with E-state index in [-0.39, 0.29) is 24.7 Å². The van der Waals surface area contributed by atoms with E-state index in [4.69, 9.17) is 14.2 Å². The number of esters is 1. The number of ether oxygens (including phenoxy) is 3. The predicted octanol–water partition coefficient (Wildman–Crippen LogP) is 2.29. The Morgan fingerprint density at radius 1 is 1.15 bits per heavy atom. The third kappa shape index (κ3) is 3.51. The zero-order chi connectivity index (χ0) is 23.4. The van der Waals surface area contributed by atoms with Crippen LogP contribution in [0.25, 0.3) is 0 Å². The highest BCUT2D eigenvalue weighted by Gasteiger charge is 2.60. The van der Waals surface area contributed by atoms with Crippen LogP contribution in [0.15, 0.2) is 59.5 Å². The van der Waals surface area contributed by atoms with Crippen LogP contribution in [0.3, 0.4) is 0 Å². The van der Waals surface area contributed by atoms with Crippen molar-refractivity contribution in [3.63, 3.8) is 0 Å². The van der Waals surface area contributed by atoms with Crippen molar-refractivity contribution in [3.05, 3.63) is 65.7 Å². The lowest BCUT2D eigenvalue weighted by molar-refractivity contribution is -0.147. The lowest BCUT2D eigenvalue weighted by Crippen LogP contribution is -2.50. The normalized spacial score (nSPS) is 28.5. The number of fused-ring (bicyclic) bond motifs is 2. The van der Waals surface area contributed by atoms with E-state index in [2.05, 4.69) is 0 Å². The van der Waals surface area contributed by atoms with Crippen molar-refractivity contribution in [2.24, 2.45) is 0 Å². The van der Waals surface area contributed by atoms with Crippen LogP contribution in [0.5, 0.6) is 11.5 Å². The van der Waals surface area contributed by atoms with Crippen molar-refractivity contribution < 1.29 is 32.5 Å². The predicted molar refractivity (Wildman–Crippen MR) is 118 cm³/mol. The van der Waals surface area contributed by atoms with Crippen molar-refractivity contribution in [2.75, 3.05) is 13.3 Å². The van der Waals surface area contributed by atoms with Gasteiger partial charge in [0.2, 0.25) is 16.8 Å². The minimum absolute atomic E-state index is 0.0358. The van der Waals surface area contributed by atoms with E-state index in [1.165, 1.54) is 11.2 Å². The van der Waals surface area contributed by atoms with E-state index in [0.29, 0.717) is 11.5 Å². The monoisotopic (exact) mass is 471 g/mol. The van der Waals surface area contributed by atoms with Crippen LogP contribution < -0.4 is 9.47 Å². The van der Waals surface area contributed by atoms with Crippen LogP contribution in [0, 0.1) is 6.92 Å². The molecule has 1 fully saturated rings. The van der Waals surface area contributed by atoms with E-state index in [9.17, 15) is 18.3 Å². The molecular weight excluding hydrogens is 446 g/mol. The maximum Gasteiger partial charge on any atom is 0.302 e. The fourth-order valence-corrected chi connectivity index (χ4v) is 6.77. The Kier molecular flexibility index (Phi) is 5.23. The number of carbonyl (C=O) groups is 1. The summed E-state index contributed by atoms with van der Waals surface area (Å²) < 4.78 is 45.5. The number of benzene rings is 2. The molecule has 2 heterocycles. The summed E-state index contributed by atoms with van der Waals surface area (Å²) in [6.07, 6.45) is 1.96. The molecule has 0 unspecified atom stereocenters. The molecule has 0 spiro atoms. The quantitative estimate of drug-likeness (QED) is 0.539. The van der Waals surface area contributed by atoms with Gasteiger partial charge in [0.15, 0.2) is 11.5 Å². The maximum atomic E-state index is 13.7. The smallest absolute Gasteiger partial charge is 0.302 e. The number of rotatable bonds is 4. The molecule has 4 atom stereocenters. The summed E-state index contributed by atoms with van der Waals surface area (Å²) in [6.45, 7) is 3.26. The first kappa shape index (κ1) is 21.9. The van der Waals surface area contributed by atoms with E-state index >= 15 is 0 Å². The summed E-state index contributed by atoms with van der Waals surface area (Å²) >= 11 is 0. The summed E-state index contributed by atoms with van der Waals surface area (Å²) in [4.78, 5) is 12.2. The van der Waals surface area contributed by atoms with Gasteiger partial charge in [-0.3, -0.25) is 4.79 Å². The maximum absolute atomic E-state index is 13.7. The zero-order valence-electron chi connectivity index (χ0n) is 18.3. The second-order valence-electron chi connectivity index (χ2n) is 8.66. The second kappa shape index (κ2) is 7.86. The lowest BCUT2D eigenvalue weighted by Gasteiger charge is -2.41. The van der Waals surface area contributed by atoms with Gasteiger partial charge in [0.05, 0.1) is 23.0 Å². The standard InChI is InChI=1S/C24H25NO7S/c1-15-3-6-19(7-4-15)33(28,29)25-13-23(32-16(2)26)24(10-9-18(27)12-22(24)25)17-5-8-20-21(11-17)31-14-30-20/h3-11,18,22-23,27H,12-14H2,1-2H3/t18-,22+,23+,24+/m1/s1. The molecule has 3 aliphatic rings. The molecule has 0 radical (unpaired) electrons. The highest BCUT2D eigenvalue weighted by Crippen LogP contribution is 2.50. The van der Waals surface area contributed by atoms with Crippen molar-refractivity contribution in [1.29, 1.82) is 0 Å². The molecule has 2 aromatic rings. The average molecular weight is 472 g/mol. The third-order valence-corrected chi connectivity index (χ3v) is 8.53. The van der Waals surface area contributed by atoms with Gasteiger partial charge in [0, 0.05) is 13.0 Å². The third-order valence-electron chi connectivity index (χ3n) is 6.64. The molecule has 1 aliphatic carbocycles. The van der Waals surface area contributed by atoms with Crippen LogP contribution in [0.4, 0.5) is 0 Å². The Morgan fingerprint density at radius 3 is 2.61 bits per heavy atom. The fourth-order valence-electron chi connectivity index (χ4n) is 5.09. The molecule has 0 amide bonds. The molecule has 0 saturated carbocycles. The summed E-state index contributed by atoms with van der Waals surface area (Å²) in [5.74, 6) is 0.632. The van der Waals surface area contributed by atoms with Gasteiger partial charge in [-0.2, -0.15) is 4.31 Å². The SMILES string of the molecule is CC(=O)O[C@H]1CN(S(=O)(=O)c2ccc(C)cc2)[C@H]2C[C@H](O)C=C[C@@]12c1ccc2c(c1)OCO2. The first-order chi connectivity index (χ1) is 15.7. The molecule has 9 heteroatoms. The molecule has 2 aromatic carbocycles. The summed E-state index contributed by atoms with van der Waals surface area (Å²) in [6, 6.07) is 11.4. The van der Waals surface area contributed by atoms with E-state index in [0.717, 1.165) is 11.1 Å². The number of sulfonamides is 1. The number of hydrogen-bond donors (Lipinski definition) is 1. The molecule has 33 heavy (non-hydrogen) atoms. The topological polar surface area (TPSA) is 102 Å². The lowest BCUT2D eigenvalue weighted by atomic mass is 9.68. The van der Waals surface area contributed by atoms with Crippen LogP contribution in [-0.4, -0.2) is 55.4 Å². The minimum atomic E-state index is -3.93. The number of aliphatic hydroxyl groups excluding tert-OH is 1. The van der Waals surface area contributed by atoms with Crippen LogP contribution in [-0.2, 0) is 25.0 Å². The molecule has 174 valence electrons. The zero-order valence-corrected chi connectivity index (χ0v) is 19.1. The molecule has 0 bridgehead atoms. The molecule has 2 aliphatic heterocycles. The van der Waals surface area contributed by atoms with Crippen molar-refractivity contribution >= 4 is 16.0 Å².